The molecule has 0 aliphatic heterocycles. The molecule has 0 bridgehead atoms. The van der Waals surface area contributed by atoms with E-state index in [2.05, 4.69) is 15.0 Å². The molecule has 2 heterocycles. The monoisotopic (exact) mass is 322 g/mol. The summed E-state index contributed by atoms with van der Waals surface area (Å²) in [6.07, 6.45) is 3.28. The highest BCUT2D eigenvalue weighted by Gasteiger charge is 2.23. The first kappa shape index (κ1) is 14.6. The van der Waals surface area contributed by atoms with Gasteiger partial charge in [0.2, 0.25) is 11.8 Å². The van der Waals surface area contributed by atoms with Crippen LogP contribution in [0.1, 0.15) is 11.1 Å². The molecule has 0 spiro atoms. The van der Waals surface area contributed by atoms with E-state index in [4.69, 9.17) is 10.5 Å². The Morgan fingerprint density at radius 1 is 1.08 bits per heavy atom. The van der Waals surface area contributed by atoms with Crippen molar-refractivity contribution in [1.82, 2.24) is 15.0 Å². The zero-order valence-corrected chi connectivity index (χ0v) is 13.1. The number of ether oxygens (including phenoxy) is 1. The number of aromatic nitrogens is 3. The predicted molar refractivity (Wildman–Crippen MR) is 89.0 cm³/mol. The fraction of sp³-hybridized carbons (Fsp3) is 0.167. The van der Waals surface area contributed by atoms with Crippen molar-refractivity contribution in [3.05, 3.63) is 53.5 Å². The summed E-state index contributed by atoms with van der Waals surface area (Å²) in [7, 11) is 1.57. The van der Waals surface area contributed by atoms with Crippen LogP contribution in [0.4, 0.5) is 10.3 Å². The maximum atomic E-state index is 13.7. The number of benzene rings is 1. The Morgan fingerprint density at radius 3 is 2.67 bits per heavy atom. The Hall–Kier alpha value is -3.02. The SMILES string of the molecule is COc1ccc(-c2nc(N)nc3c2CCc2ccc(F)cc2-3)cn1. The number of fused-ring (bicyclic) bond motifs is 3. The molecule has 0 radical (unpaired) electrons. The average molecular weight is 322 g/mol. The van der Waals surface area contributed by atoms with E-state index >= 15 is 0 Å². The topological polar surface area (TPSA) is 73.9 Å². The smallest absolute Gasteiger partial charge is 0.221 e. The summed E-state index contributed by atoms with van der Waals surface area (Å²) in [5.41, 5.74) is 11.0. The predicted octanol–water partition coefficient (Wildman–Crippen LogP) is 3.03. The Morgan fingerprint density at radius 2 is 1.92 bits per heavy atom. The van der Waals surface area contributed by atoms with Gasteiger partial charge in [0.05, 0.1) is 18.5 Å². The van der Waals surface area contributed by atoms with Crippen LogP contribution < -0.4 is 10.5 Å². The van der Waals surface area contributed by atoms with Crippen molar-refractivity contribution in [2.75, 3.05) is 12.8 Å². The van der Waals surface area contributed by atoms with E-state index in [-0.39, 0.29) is 11.8 Å². The van der Waals surface area contributed by atoms with E-state index in [1.165, 1.54) is 12.1 Å². The minimum absolute atomic E-state index is 0.164. The molecule has 5 nitrogen and oxygen atoms in total. The van der Waals surface area contributed by atoms with Gasteiger partial charge in [-0.05, 0) is 36.6 Å². The second-order valence-electron chi connectivity index (χ2n) is 5.65. The third kappa shape index (κ3) is 2.36. The lowest BCUT2D eigenvalue weighted by atomic mass is 9.87. The molecule has 1 aliphatic carbocycles. The van der Waals surface area contributed by atoms with Gasteiger partial charge in [-0.25, -0.2) is 19.3 Å². The second kappa shape index (κ2) is 5.56. The van der Waals surface area contributed by atoms with E-state index in [1.807, 2.05) is 6.07 Å². The van der Waals surface area contributed by atoms with Gasteiger partial charge in [-0.3, -0.25) is 0 Å². The molecule has 0 saturated carbocycles. The number of rotatable bonds is 2. The van der Waals surface area contributed by atoms with Crippen molar-refractivity contribution in [2.24, 2.45) is 0 Å². The van der Waals surface area contributed by atoms with Gasteiger partial charge in [-0.15, -0.1) is 0 Å². The lowest BCUT2D eigenvalue weighted by molar-refractivity contribution is 0.398. The standard InChI is InChI=1S/C18H15FN4O/c1-24-15-7-4-11(9-21-15)16-13-6-3-10-2-5-12(19)8-14(10)17(13)23-18(20)22-16/h2,4-5,7-9H,3,6H2,1H3,(H2,20,22,23). The van der Waals surface area contributed by atoms with Crippen molar-refractivity contribution in [2.45, 2.75) is 12.8 Å². The van der Waals surface area contributed by atoms with Crippen molar-refractivity contribution in [3.8, 4) is 28.4 Å². The fourth-order valence-corrected chi connectivity index (χ4v) is 3.09. The van der Waals surface area contributed by atoms with Crippen LogP contribution in [0.2, 0.25) is 0 Å². The normalized spacial score (nSPS) is 12.4. The van der Waals surface area contributed by atoms with Gasteiger partial charge in [0.25, 0.3) is 0 Å². The van der Waals surface area contributed by atoms with Crippen molar-refractivity contribution < 1.29 is 9.13 Å². The lowest BCUT2D eigenvalue weighted by Crippen LogP contribution is -2.11. The molecule has 0 atom stereocenters. The van der Waals surface area contributed by atoms with Crippen LogP contribution in [0.5, 0.6) is 5.88 Å². The summed E-state index contributed by atoms with van der Waals surface area (Å²) in [6.45, 7) is 0. The quantitative estimate of drug-likeness (QED) is 0.785. The number of halogens is 1. The number of nitrogens with zero attached hydrogens (tertiary/aromatic N) is 3. The van der Waals surface area contributed by atoms with Crippen molar-refractivity contribution >= 4 is 5.95 Å². The first-order valence-electron chi connectivity index (χ1n) is 7.61. The summed E-state index contributed by atoms with van der Waals surface area (Å²) in [5, 5.41) is 0. The zero-order valence-electron chi connectivity index (χ0n) is 13.1. The highest BCUT2D eigenvalue weighted by molar-refractivity contribution is 5.78. The van der Waals surface area contributed by atoms with Crippen LogP contribution in [0.15, 0.2) is 36.5 Å². The molecule has 2 N–H and O–H groups in total. The molecule has 2 aromatic heterocycles. The Labute approximate surface area is 138 Å². The van der Waals surface area contributed by atoms with Crippen LogP contribution in [0.3, 0.4) is 0 Å². The van der Waals surface area contributed by atoms with E-state index in [0.717, 1.165) is 40.8 Å². The Balaban J connectivity index is 1.92. The summed E-state index contributed by atoms with van der Waals surface area (Å²) in [4.78, 5) is 13.0. The van der Waals surface area contributed by atoms with Crippen molar-refractivity contribution in [1.29, 1.82) is 0 Å². The molecule has 3 aromatic rings. The summed E-state index contributed by atoms with van der Waals surface area (Å²) < 4.78 is 18.8. The number of methoxy groups -OCH3 is 1. The molecule has 1 aliphatic rings. The maximum absolute atomic E-state index is 13.7. The highest BCUT2D eigenvalue weighted by atomic mass is 19.1. The Bertz CT molecular complexity index is 925. The molecular formula is C18H15FN4O. The molecule has 1 aromatic carbocycles. The molecule has 120 valence electrons. The van der Waals surface area contributed by atoms with Crippen LogP contribution in [0, 0.1) is 5.82 Å². The van der Waals surface area contributed by atoms with E-state index < -0.39 is 0 Å². The number of nitrogen functional groups attached to an aromatic ring is 1. The van der Waals surface area contributed by atoms with Crippen LogP contribution in [-0.2, 0) is 12.8 Å². The number of pyridine rings is 1. The van der Waals surface area contributed by atoms with Crippen LogP contribution >= 0.6 is 0 Å². The average Bonchev–Trinajstić information content (AvgIpc) is 2.61. The fourth-order valence-electron chi connectivity index (χ4n) is 3.09. The second-order valence-corrected chi connectivity index (χ2v) is 5.65. The molecule has 24 heavy (non-hydrogen) atoms. The molecule has 0 amide bonds. The lowest BCUT2D eigenvalue weighted by Gasteiger charge is -2.21. The molecule has 0 unspecified atom stereocenters. The summed E-state index contributed by atoms with van der Waals surface area (Å²) >= 11 is 0. The van der Waals surface area contributed by atoms with Gasteiger partial charge in [-0.2, -0.15) is 0 Å². The van der Waals surface area contributed by atoms with Gasteiger partial charge in [0.1, 0.15) is 5.82 Å². The van der Waals surface area contributed by atoms with E-state index in [1.54, 1.807) is 25.4 Å². The van der Waals surface area contributed by atoms with Gasteiger partial charge in [0, 0.05) is 29.0 Å². The van der Waals surface area contributed by atoms with Gasteiger partial charge >= 0.3 is 0 Å². The van der Waals surface area contributed by atoms with Crippen LogP contribution in [0.25, 0.3) is 22.5 Å². The maximum Gasteiger partial charge on any atom is 0.221 e. The summed E-state index contributed by atoms with van der Waals surface area (Å²) in [5.74, 6) is 0.408. The van der Waals surface area contributed by atoms with Gasteiger partial charge in [-0.1, -0.05) is 6.07 Å². The third-order valence-electron chi connectivity index (χ3n) is 4.21. The minimum atomic E-state index is -0.286. The first-order valence-corrected chi connectivity index (χ1v) is 7.61. The van der Waals surface area contributed by atoms with Gasteiger partial charge in [0.15, 0.2) is 0 Å². The van der Waals surface area contributed by atoms with Crippen LogP contribution in [-0.4, -0.2) is 22.1 Å². The minimum Gasteiger partial charge on any atom is -0.481 e. The van der Waals surface area contributed by atoms with E-state index in [0.29, 0.717) is 11.6 Å². The number of anilines is 1. The van der Waals surface area contributed by atoms with E-state index in [9.17, 15) is 4.39 Å². The number of nitrogens with two attached hydrogens (primary N) is 1. The molecule has 0 saturated heterocycles. The molecule has 4 rings (SSSR count). The number of hydrogen-bond acceptors (Lipinski definition) is 5. The van der Waals surface area contributed by atoms with Crippen molar-refractivity contribution in [3.63, 3.8) is 0 Å². The molecular weight excluding hydrogens is 307 g/mol. The number of aryl methyl sites for hydroxylation is 1. The highest BCUT2D eigenvalue weighted by Crippen LogP contribution is 2.37. The molecule has 0 fully saturated rings. The summed E-state index contributed by atoms with van der Waals surface area (Å²) in [6, 6.07) is 8.45. The molecule has 6 heteroatoms. The van der Waals surface area contributed by atoms with Gasteiger partial charge < -0.3 is 10.5 Å². The first-order chi connectivity index (χ1) is 11.7. The Kier molecular flexibility index (Phi) is 3.37. The number of hydrogen-bond donors (Lipinski definition) is 1. The third-order valence-corrected chi connectivity index (χ3v) is 4.21. The largest absolute Gasteiger partial charge is 0.481 e. The zero-order chi connectivity index (χ0) is 16.7.